The van der Waals surface area contributed by atoms with E-state index in [4.69, 9.17) is 15.2 Å². The summed E-state index contributed by atoms with van der Waals surface area (Å²) in [5.74, 6) is -0.873. The Morgan fingerprint density at radius 2 is 1.91 bits per heavy atom. The second-order valence-corrected chi connectivity index (χ2v) is 7.23. The van der Waals surface area contributed by atoms with Gasteiger partial charge in [-0.15, -0.1) is 0 Å². The van der Waals surface area contributed by atoms with E-state index in [0.29, 0.717) is 24.2 Å². The number of hydrogen-bond acceptors (Lipinski definition) is 7. The Balaban J connectivity index is 2.21. The summed E-state index contributed by atoms with van der Waals surface area (Å²) in [5.41, 5.74) is 5.24. The molecule has 0 saturated heterocycles. The van der Waals surface area contributed by atoms with E-state index in [1.807, 2.05) is 13.8 Å². The third kappa shape index (κ3) is 6.58. The first-order valence-electron chi connectivity index (χ1n) is 10.7. The van der Waals surface area contributed by atoms with Crippen molar-refractivity contribution in [1.29, 1.82) is 0 Å². The van der Waals surface area contributed by atoms with E-state index >= 15 is 0 Å². The number of nitrogens with one attached hydrogen (secondary N) is 1. The van der Waals surface area contributed by atoms with Gasteiger partial charge in [-0.3, -0.25) is 19.1 Å². The third-order valence-electron chi connectivity index (χ3n) is 4.84. The number of anilines is 2. The van der Waals surface area contributed by atoms with Crippen LogP contribution in [0.5, 0.6) is 5.75 Å². The first-order valence-corrected chi connectivity index (χ1v) is 10.7. The van der Waals surface area contributed by atoms with Crippen LogP contribution in [0.3, 0.4) is 0 Å². The molecule has 1 aromatic heterocycles. The number of aromatic nitrogens is 2. The van der Waals surface area contributed by atoms with Crippen LogP contribution in [0.25, 0.3) is 6.08 Å². The highest BCUT2D eigenvalue weighted by atomic mass is 16.5. The van der Waals surface area contributed by atoms with Gasteiger partial charge in [-0.2, -0.15) is 0 Å². The Kier molecular flexibility index (Phi) is 9.46. The number of amides is 1. The van der Waals surface area contributed by atoms with E-state index in [9.17, 15) is 19.2 Å². The molecule has 1 aromatic carbocycles. The number of rotatable bonds is 11. The van der Waals surface area contributed by atoms with Gasteiger partial charge in [0, 0.05) is 24.7 Å². The first-order chi connectivity index (χ1) is 15.8. The molecule has 0 radical (unpaired) electrons. The summed E-state index contributed by atoms with van der Waals surface area (Å²) in [6.45, 7) is 3.66. The molecule has 0 saturated carbocycles. The molecule has 0 bridgehead atoms. The lowest BCUT2D eigenvalue weighted by atomic mass is 10.2. The summed E-state index contributed by atoms with van der Waals surface area (Å²) in [5, 5.41) is 0. The quantitative estimate of drug-likeness (QED) is 0.388. The van der Waals surface area contributed by atoms with Crippen molar-refractivity contribution in [1.82, 2.24) is 9.55 Å². The molecule has 0 aliphatic heterocycles. The van der Waals surface area contributed by atoms with E-state index in [1.165, 1.54) is 28.7 Å². The van der Waals surface area contributed by atoms with Crippen molar-refractivity contribution < 1.29 is 19.1 Å². The Morgan fingerprint density at radius 3 is 2.58 bits per heavy atom. The number of nitrogens with zero attached hydrogens (tertiary/aromatic N) is 2. The van der Waals surface area contributed by atoms with Crippen LogP contribution in [0.2, 0.25) is 0 Å². The number of para-hydroxylation sites is 1. The summed E-state index contributed by atoms with van der Waals surface area (Å²) in [7, 11) is 1.52. The van der Waals surface area contributed by atoms with Crippen molar-refractivity contribution in [2.24, 2.45) is 0 Å². The number of ether oxygens (including phenoxy) is 2. The molecule has 0 fully saturated rings. The van der Waals surface area contributed by atoms with Crippen LogP contribution in [-0.4, -0.2) is 41.7 Å². The van der Waals surface area contributed by atoms with E-state index in [0.717, 1.165) is 6.42 Å². The molecule has 178 valence electrons. The van der Waals surface area contributed by atoms with E-state index in [1.54, 1.807) is 24.3 Å². The summed E-state index contributed by atoms with van der Waals surface area (Å²) >= 11 is 0. The molecule has 2 aromatic rings. The third-order valence-corrected chi connectivity index (χ3v) is 4.84. The zero-order valence-corrected chi connectivity index (χ0v) is 19.1. The number of carbonyl (C=O) groups excluding carboxylic acids is 2. The molecular weight excluding hydrogens is 428 g/mol. The largest absolute Gasteiger partial charge is 0.496 e. The number of methoxy groups -OCH3 is 1. The van der Waals surface area contributed by atoms with Gasteiger partial charge in [-0.1, -0.05) is 38.5 Å². The van der Waals surface area contributed by atoms with E-state index in [2.05, 4.69) is 4.98 Å². The SMILES string of the molecule is CCCCN(C(=O)COC(=O)/C=C/c1ccccc1OC)c1c(N)n(CCC)c(=O)[nH]c1=O. The number of nitrogens with two attached hydrogens (primary N) is 1. The summed E-state index contributed by atoms with van der Waals surface area (Å²) in [6, 6.07) is 7.11. The number of esters is 1. The minimum Gasteiger partial charge on any atom is -0.496 e. The van der Waals surface area contributed by atoms with Crippen LogP contribution in [0.4, 0.5) is 11.5 Å². The lowest BCUT2D eigenvalue weighted by molar-refractivity contribution is -0.142. The number of carbonyl (C=O) groups is 2. The molecule has 0 aliphatic carbocycles. The zero-order valence-electron chi connectivity index (χ0n) is 19.1. The Bertz CT molecular complexity index is 1120. The Labute approximate surface area is 191 Å². The van der Waals surface area contributed by atoms with Gasteiger partial charge in [0.05, 0.1) is 7.11 Å². The van der Waals surface area contributed by atoms with Crippen molar-refractivity contribution in [3.8, 4) is 5.75 Å². The van der Waals surface area contributed by atoms with Crippen LogP contribution in [0, 0.1) is 0 Å². The number of nitrogen functional groups attached to an aromatic ring is 1. The van der Waals surface area contributed by atoms with Crippen molar-refractivity contribution in [3.63, 3.8) is 0 Å². The standard InChI is InChI=1S/C23H30N4O6/c1-4-6-14-26(20-21(24)27(13-5-2)23(31)25-22(20)30)18(28)15-33-19(29)12-11-16-9-7-8-10-17(16)32-3/h7-12H,4-6,13-15,24H2,1-3H3,(H,25,30,31)/b12-11+. The highest BCUT2D eigenvalue weighted by Crippen LogP contribution is 2.19. The summed E-state index contributed by atoms with van der Waals surface area (Å²) in [4.78, 5) is 53.0. The van der Waals surface area contributed by atoms with Crippen LogP contribution >= 0.6 is 0 Å². The number of benzene rings is 1. The molecule has 0 spiro atoms. The molecule has 1 heterocycles. The van der Waals surface area contributed by atoms with Crippen molar-refractivity contribution in [2.75, 3.05) is 30.9 Å². The molecule has 0 atom stereocenters. The van der Waals surface area contributed by atoms with Gasteiger partial charge in [0.25, 0.3) is 11.5 Å². The summed E-state index contributed by atoms with van der Waals surface area (Å²) < 4.78 is 11.5. The molecule has 0 unspecified atom stereocenters. The smallest absolute Gasteiger partial charge is 0.331 e. The molecule has 10 heteroatoms. The van der Waals surface area contributed by atoms with Gasteiger partial charge in [-0.25, -0.2) is 9.59 Å². The van der Waals surface area contributed by atoms with E-state index in [-0.39, 0.29) is 24.6 Å². The molecule has 0 aliphatic rings. The van der Waals surface area contributed by atoms with Crippen molar-refractivity contribution in [2.45, 2.75) is 39.7 Å². The summed E-state index contributed by atoms with van der Waals surface area (Å²) in [6.07, 6.45) is 4.64. The van der Waals surface area contributed by atoms with Crippen LogP contribution in [-0.2, 0) is 20.9 Å². The van der Waals surface area contributed by atoms with Crippen LogP contribution < -0.4 is 26.6 Å². The maximum atomic E-state index is 12.9. The second-order valence-electron chi connectivity index (χ2n) is 7.23. The lowest BCUT2D eigenvalue weighted by Crippen LogP contribution is -2.43. The van der Waals surface area contributed by atoms with Gasteiger partial charge in [0.15, 0.2) is 12.3 Å². The monoisotopic (exact) mass is 458 g/mol. The highest BCUT2D eigenvalue weighted by molar-refractivity contribution is 5.98. The predicted octanol–water partition coefficient (Wildman–Crippen LogP) is 1.93. The fourth-order valence-corrected chi connectivity index (χ4v) is 3.18. The number of H-pyrrole nitrogens is 1. The maximum absolute atomic E-state index is 12.9. The molecule has 3 N–H and O–H groups in total. The second kappa shape index (κ2) is 12.3. The van der Waals surface area contributed by atoms with Crippen LogP contribution in [0.15, 0.2) is 39.9 Å². The number of hydrogen-bond donors (Lipinski definition) is 2. The zero-order chi connectivity index (χ0) is 24.4. The Hall–Kier alpha value is -3.82. The van der Waals surface area contributed by atoms with Gasteiger partial charge < -0.3 is 20.1 Å². The molecule has 10 nitrogen and oxygen atoms in total. The van der Waals surface area contributed by atoms with Crippen molar-refractivity contribution in [3.05, 3.63) is 56.7 Å². The topological polar surface area (TPSA) is 137 Å². The lowest BCUT2D eigenvalue weighted by Gasteiger charge is -2.24. The van der Waals surface area contributed by atoms with Gasteiger partial charge in [-0.05, 0) is 25.0 Å². The fourth-order valence-electron chi connectivity index (χ4n) is 3.18. The molecule has 1 amide bonds. The molecule has 2 rings (SSSR count). The maximum Gasteiger partial charge on any atom is 0.331 e. The average molecular weight is 459 g/mol. The normalized spacial score (nSPS) is 10.9. The first kappa shape index (κ1) is 25.4. The fraction of sp³-hybridized carbons (Fsp3) is 0.391. The van der Waals surface area contributed by atoms with E-state index < -0.39 is 29.7 Å². The number of unbranched alkanes of at least 4 members (excludes halogenated alkanes) is 1. The van der Waals surface area contributed by atoms with Gasteiger partial charge >= 0.3 is 11.7 Å². The van der Waals surface area contributed by atoms with Crippen molar-refractivity contribution >= 4 is 29.5 Å². The average Bonchev–Trinajstić information content (AvgIpc) is 2.80. The predicted molar refractivity (Wildman–Crippen MR) is 126 cm³/mol. The molecular formula is C23H30N4O6. The minimum atomic E-state index is -0.767. The highest BCUT2D eigenvalue weighted by Gasteiger charge is 2.24. The van der Waals surface area contributed by atoms with Gasteiger partial charge in [0.2, 0.25) is 0 Å². The number of aromatic amines is 1. The van der Waals surface area contributed by atoms with Gasteiger partial charge in [0.1, 0.15) is 11.6 Å². The van der Waals surface area contributed by atoms with Crippen LogP contribution in [0.1, 0.15) is 38.7 Å². The Morgan fingerprint density at radius 1 is 1.18 bits per heavy atom. The minimum absolute atomic E-state index is 0.0996. The molecule has 33 heavy (non-hydrogen) atoms.